The van der Waals surface area contributed by atoms with Crippen molar-refractivity contribution in [3.8, 4) is 0 Å². The molecular formula is C30H25N3O3. The highest BCUT2D eigenvalue weighted by atomic mass is 16.6. The largest absolute Gasteiger partial charge is 0.343 e. The molecule has 0 N–H and O–H groups in total. The molecule has 178 valence electrons. The van der Waals surface area contributed by atoms with E-state index in [-0.39, 0.29) is 11.5 Å². The Balaban J connectivity index is 1.77. The Morgan fingerprint density at radius 3 is 1.72 bits per heavy atom. The maximum atomic E-state index is 14.2. The summed E-state index contributed by atoms with van der Waals surface area (Å²) < 4.78 is 4.19. The first-order chi connectivity index (χ1) is 17.5. The molecule has 0 aliphatic carbocycles. The third-order valence-electron chi connectivity index (χ3n) is 6.54. The Hall–Kier alpha value is -4.71. The van der Waals surface area contributed by atoms with Crippen LogP contribution in [0.1, 0.15) is 27.4 Å². The van der Waals surface area contributed by atoms with Gasteiger partial charge >= 0.3 is 0 Å². The van der Waals surface area contributed by atoms with E-state index < -0.39 is 10.8 Å². The number of nitro benzene ring substituents is 1. The van der Waals surface area contributed by atoms with Gasteiger partial charge in [0.05, 0.1) is 10.8 Å². The summed E-state index contributed by atoms with van der Waals surface area (Å²) in [6.45, 7) is 9.00. The summed E-state index contributed by atoms with van der Waals surface area (Å²) in [4.78, 5) is 24.9. The first-order valence-electron chi connectivity index (χ1n) is 11.7. The predicted octanol–water partition coefficient (Wildman–Crippen LogP) is 6.89. The first kappa shape index (κ1) is 23.1. The van der Waals surface area contributed by atoms with Crippen LogP contribution in [0.15, 0.2) is 111 Å². The predicted molar refractivity (Wildman–Crippen MR) is 144 cm³/mol. The number of para-hydroxylation sites is 2. The molecule has 0 fully saturated rings. The van der Waals surface area contributed by atoms with Gasteiger partial charge in [-0.3, -0.25) is 14.9 Å². The van der Waals surface area contributed by atoms with Gasteiger partial charge in [0.2, 0.25) is 0 Å². The van der Waals surface area contributed by atoms with Gasteiger partial charge in [0.25, 0.3) is 5.69 Å². The molecule has 0 aliphatic heterocycles. The molecule has 0 saturated carbocycles. The van der Waals surface area contributed by atoms with E-state index in [1.165, 1.54) is 12.1 Å². The highest BCUT2D eigenvalue weighted by Gasteiger charge is 2.30. The second kappa shape index (κ2) is 9.50. The summed E-state index contributed by atoms with van der Waals surface area (Å²) in [5, 5.41) is 13.2. The van der Waals surface area contributed by atoms with E-state index in [0.29, 0.717) is 18.7 Å². The highest BCUT2D eigenvalue weighted by molar-refractivity contribution is 6.08. The second-order valence-corrected chi connectivity index (χ2v) is 8.69. The molecule has 3 aromatic carbocycles. The number of ketones is 1. The minimum absolute atomic E-state index is 0.0479. The Bertz CT molecular complexity index is 1530. The van der Waals surface area contributed by atoms with E-state index >= 15 is 0 Å². The number of benzene rings is 3. The molecule has 0 amide bonds. The van der Waals surface area contributed by atoms with Gasteiger partial charge in [0.15, 0.2) is 5.78 Å². The van der Waals surface area contributed by atoms with Crippen molar-refractivity contribution in [2.45, 2.75) is 19.0 Å². The lowest BCUT2D eigenvalue weighted by atomic mass is 9.84. The molecule has 0 unspecified atom stereocenters. The average molecular weight is 476 g/mol. The molecule has 0 bridgehead atoms. The number of hydrogen-bond acceptors (Lipinski definition) is 3. The lowest BCUT2D eigenvalue weighted by Gasteiger charge is -2.16. The number of Topliss-reactive ketones (excluding diaryl/α,β-unsaturated/α-hetero) is 1. The minimum atomic E-state index is -0.613. The van der Waals surface area contributed by atoms with Crippen molar-refractivity contribution in [2.24, 2.45) is 0 Å². The number of carbonyl (C=O) groups excluding carboxylic acids is 1. The zero-order chi connectivity index (χ0) is 25.2. The van der Waals surface area contributed by atoms with E-state index in [1.807, 2.05) is 73.1 Å². The number of nitro groups is 1. The number of allylic oxidation sites excluding steroid dienone is 2. The lowest BCUT2D eigenvalue weighted by Crippen LogP contribution is -2.14. The number of carbonyl (C=O) groups is 1. The van der Waals surface area contributed by atoms with Crippen molar-refractivity contribution >= 4 is 33.3 Å². The van der Waals surface area contributed by atoms with E-state index in [4.69, 9.17) is 0 Å². The molecule has 0 spiro atoms. The monoisotopic (exact) mass is 475 g/mol. The topological polar surface area (TPSA) is 70.1 Å². The lowest BCUT2D eigenvalue weighted by molar-refractivity contribution is -0.384. The Morgan fingerprint density at radius 1 is 0.806 bits per heavy atom. The zero-order valence-electron chi connectivity index (χ0n) is 19.7. The number of hydrogen-bond donors (Lipinski definition) is 0. The van der Waals surface area contributed by atoms with E-state index in [0.717, 1.165) is 32.9 Å². The quantitative estimate of drug-likeness (QED) is 0.101. The van der Waals surface area contributed by atoms with Crippen LogP contribution in [0, 0.1) is 10.1 Å². The van der Waals surface area contributed by atoms with E-state index in [1.54, 1.807) is 12.1 Å². The highest BCUT2D eigenvalue weighted by Crippen LogP contribution is 2.39. The van der Waals surface area contributed by atoms with E-state index in [9.17, 15) is 14.9 Å². The Morgan fingerprint density at radius 2 is 1.28 bits per heavy atom. The van der Waals surface area contributed by atoms with Gasteiger partial charge in [-0.1, -0.05) is 48.6 Å². The van der Waals surface area contributed by atoms with Crippen molar-refractivity contribution in [3.05, 3.63) is 137 Å². The van der Waals surface area contributed by atoms with Crippen molar-refractivity contribution < 1.29 is 9.72 Å². The number of aromatic nitrogens is 2. The Labute approximate surface area is 208 Å². The summed E-state index contributed by atoms with van der Waals surface area (Å²) in [6, 6.07) is 21.9. The van der Waals surface area contributed by atoms with Crippen LogP contribution in [0.4, 0.5) is 5.69 Å². The minimum Gasteiger partial charge on any atom is -0.343 e. The molecule has 2 aromatic heterocycles. The molecule has 2 heterocycles. The number of non-ortho nitro benzene ring substituents is 1. The summed E-state index contributed by atoms with van der Waals surface area (Å²) in [5.41, 5.74) is 4.18. The van der Waals surface area contributed by atoms with Gasteiger partial charge in [-0.05, 0) is 35.4 Å². The molecule has 0 atom stereocenters. The van der Waals surface area contributed by atoms with Crippen LogP contribution in [-0.4, -0.2) is 19.8 Å². The van der Waals surface area contributed by atoms with Gasteiger partial charge < -0.3 is 9.13 Å². The standard InChI is InChI=1S/C30H25N3O3/c1-3-17-31-19-25(23-9-5-7-11-27(23)31)29(30(34)21-13-15-22(16-14-21)33(35)36)26-20-32(18-4-2)28-12-8-6-10-24(26)28/h3-16,19-20,29H,1-2,17-18H2. The maximum absolute atomic E-state index is 14.2. The molecular weight excluding hydrogens is 450 g/mol. The fraction of sp³-hybridized carbons (Fsp3) is 0.100. The molecule has 6 heteroatoms. The number of rotatable bonds is 9. The first-order valence-corrected chi connectivity index (χ1v) is 11.7. The van der Waals surface area contributed by atoms with Gasteiger partial charge in [-0.25, -0.2) is 0 Å². The third kappa shape index (κ3) is 3.92. The molecule has 5 rings (SSSR count). The summed E-state index contributed by atoms with van der Waals surface area (Å²) in [7, 11) is 0. The molecule has 0 aliphatic rings. The summed E-state index contributed by atoms with van der Waals surface area (Å²) in [6.07, 6.45) is 7.72. The van der Waals surface area contributed by atoms with Crippen molar-refractivity contribution in [3.63, 3.8) is 0 Å². The van der Waals surface area contributed by atoms with Crippen LogP contribution in [0.25, 0.3) is 21.8 Å². The van der Waals surface area contributed by atoms with Gasteiger partial charge in [-0.2, -0.15) is 0 Å². The molecule has 6 nitrogen and oxygen atoms in total. The van der Waals surface area contributed by atoms with Crippen LogP contribution in [0.2, 0.25) is 0 Å². The van der Waals surface area contributed by atoms with Crippen LogP contribution in [0.3, 0.4) is 0 Å². The molecule has 0 radical (unpaired) electrons. The van der Waals surface area contributed by atoms with Gasteiger partial charge in [-0.15, -0.1) is 13.2 Å². The molecule has 0 saturated heterocycles. The van der Waals surface area contributed by atoms with Gasteiger partial charge in [0.1, 0.15) is 0 Å². The van der Waals surface area contributed by atoms with Crippen LogP contribution >= 0.6 is 0 Å². The van der Waals surface area contributed by atoms with Crippen molar-refractivity contribution in [2.75, 3.05) is 0 Å². The maximum Gasteiger partial charge on any atom is 0.269 e. The summed E-state index contributed by atoms with van der Waals surface area (Å²) in [5.74, 6) is -0.730. The van der Waals surface area contributed by atoms with Crippen LogP contribution in [-0.2, 0) is 13.1 Å². The molecule has 5 aromatic rings. The smallest absolute Gasteiger partial charge is 0.269 e. The van der Waals surface area contributed by atoms with Crippen molar-refractivity contribution in [1.29, 1.82) is 0 Å². The second-order valence-electron chi connectivity index (χ2n) is 8.69. The fourth-order valence-corrected chi connectivity index (χ4v) is 4.95. The molecule has 36 heavy (non-hydrogen) atoms. The third-order valence-corrected chi connectivity index (χ3v) is 6.54. The van der Waals surface area contributed by atoms with Crippen LogP contribution in [0.5, 0.6) is 0 Å². The number of fused-ring (bicyclic) bond motifs is 2. The number of nitrogens with zero attached hydrogens (tertiary/aromatic N) is 3. The van der Waals surface area contributed by atoms with Crippen molar-refractivity contribution in [1.82, 2.24) is 9.13 Å². The average Bonchev–Trinajstić information content (AvgIpc) is 3.44. The Kier molecular flexibility index (Phi) is 6.09. The van der Waals surface area contributed by atoms with Gasteiger partial charge in [0, 0.05) is 65.0 Å². The normalized spacial score (nSPS) is 11.2. The van der Waals surface area contributed by atoms with E-state index in [2.05, 4.69) is 22.3 Å². The SMILES string of the molecule is C=CCn1cc(C(C(=O)c2ccc([N+](=O)[O-])cc2)c2cn(CC=C)c3ccccc23)c2ccccc21. The summed E-state index contributed by atoms with van der Waals surface area (Å²) >= 11 is 0. The van der Waals surface area contributed by atoms with Crippen LogP contribution < -0.4 is 0 Å². The zero-order valence-corrected chi connectivity index (χ0v) is 19.7. The fourth-order valence-electron chi connectivity index (χ4n) is 4.95.